The number of unbranched alkanes of at least 4 members (excludes halogenated alkanes) is 1. The lowest BCUT2D eigenvalue weighted by Crippen LogP contribution is -2.31. The van der Waals surface area contributed by atoms with Crippen LogP contribution < -0.4 is 9.47 Å². The predicted molar refractivity (Wildman–Crippen MR) is 104 cm³/mol. The third kappa shape index (κ3) is 3.58. The zero-order valence-corrected chi connectivity index (χ0v) is 15.4. The number of ether oxygens (including phenoxy) is 2. The summed E-state index contributed by atoms with van der Waals surface area (Å²) in [5.41, 5.74) is 2.56. The lowest BCUT2D eigenvalue weighted by atomic mass is 10.1. The molecule has 0 fully saturated rings. The van der Waals surface area contributed by atoms with E-state index >= 15 is 0 Å². The van der Waals surface area contributed by atoms with Gasteiger partial charge in [0.2, 0.25) is 6.79 Å². The average molecular weight is 362 g/mol. The van der Waals surface area contributed by atoms with Gasteiger partial charge in [-0.25, -0.2) is 0 Å². The van der Waals surface area contributed by atoms with E-state index in [4.69, 9.17) is 9.47 Å². The minimum atomic E-state index is 0.0275. The van der Waals surface area contributed by atoms with Gasteiger partial charge in [0.15, 0.2) is 11.5 Å². The van der Waals surface area contributed by atoms with E-state index in [0.717, 1.165) is 40.8 Å². The minimum absolute atomic E-state index is 0.0275. The summed E-state index contributed by atoms with van der Waals surface area (Å²) in [6.45, 7) is 3.62. The van der Waals surface area contributed by atoms with Crippen molar-refractivity contribution in [3.05, 3.63) is 65.9 Å². The van der Waals surface area contributed by atoms with Crippen molar-refractivity contribution < 1.29 is 14.3 Å². The molecule has 0 radical (unpaired) electrons. The first-order chi connectivity index (χ1) is 13.3. The number of hydrogen-bond acceptors (Lipinski definition) is 4. The van der Waals surface area contributed by atoms with Crippen LogP contribution >= 0.6 is 0 Å². The van der Waals surface area contributed by atoms with Crippen LogP contribution in [0.5, 0.6) is 11.5 Å². The maximum Gasteiger partial charge on any atom is 0.254 e. The molecule has 138 valence electrons. The van der Waals surface area contributed by atoms with Crippen molar-refractivity contribution in [2.45, 2.75) is 26.3 Å². The normalized spacial score (nSPS) is 12.3. The highest BCUT2D eigenvalue weighted by molar-refractivity contribution is 6.05. The fourth-order valence-electron chi connectivity index (χ4n) is 3.31. The van der Waals surface area contributed by atoms with E-state index in [1.165, 1.54) is 0 Å². The minimum Gasteiger partial charge on any atom is -0.454 e. The lowest BCUT2D eigenvalue weighted by Gasteiger charge is -2.23. The SMILES string of the molecule is CCCCN(Cc1ccc2c(c1)OCO2)C(=O)c1ccnc2ccccc12. The number of pyridine rings is 1. The van der Waals surface area contributed by atoms with Crippen molar-refractivity contribution in [3.8, 4) is 11.5 Å². The van der Waals surface area contributed by atoms with Crippen molar-refractivity contribution in [3.63, 3.8) is 0 Å². The van der Waals surface area contributed by atoms with Crippen LogP contribution in [0, 0.1) is 0 Å². The summed E-state index contributed by atoms with van der Waals surface area (Å²) >= 11 is 0. The smallest absolute Gasteiger partial charge is 0.254 e. The fraction of sp³-hybridized carbons (Fsp3) is 0.273. The molecule has 0 spiro atoms. The first-order valence-electron chi connectivity index (χ1n) is 9.28. The molecule has 2 heterocycles. The third-order valence-electron chi connectivity index (χ3n) is 4.76. The molecule has 4 rings (SSSR count). The Morgan fingerprint density at radius 3 is 2.85 bits per heavy atom. The molecule has 0 bridgehead atoms. The van der Waals surface area contributed by atoms with Gasteiger partial charge in [0, 0.05) is 24.7 Å². The summed E-state index contributed by atoms with van der Waals surface area (Å²) < 4.78 is 10.8. The Balaban J connectivity index is 1.64. The molecule has 5 nitrogen and oxygen atoms in total. The second-order valence-electron chi connectivity index (χ2n) is 6.64. The van der Waals surface area contributed by atoms with Crippen LogP contribution in [0.25, 0.3) is 10.9 Å². The number of aromatic nitrogens is 1. The van der Waals surface area contributed by atoms with Crippen LogP contribution in [-0.2, 0) is 6.54 Å². The number of carbonyl (C=O) groups is 1. The summed E-state index contributed by atoms with van der Waals surface area (Å²) in [7, 11) is 0. The number of carbonyl (C=O) groups excluding carboxylic acids is 1. The van der Waals surface area contributed by atoms with E-state index in [0.29, 0.717) is 18.7 Å². The van der Waals surface area contributed by atoms with Gasteiger partial charge in [0.1, 0.15) is 0 Å². The molecule has 0 saturated heterocycles. The monoisotopic (exact) mass is 362 g/mol. The number of nitrogens with zero attached hydrogens (tertiary/aromatic N) is 2. The molecule has 0 N–H and O–H groups in total. The van der Waals surface area contributed by atoms with Gasteiger partial charge in [-0.1, -0.05) is 37.6 Å². The third-order valence-corrected chi connectivity index (χ3v) is 4.76. The van der Waals surface area contributed by atoms with E-state index < -0.39 is 0 Å². The zero-order chi connectivity index (χ0) is 18.6. The number of hydrogen-bond donors (Lipinski definition) is 0. The highest BCUT2D eigenvalue weighted by Crippen LogP contribution is 2.33. The van der Waals surface area contributed by atoms with Crippen molar-refractivity contribution in [1.29, 1.82) is 0 Å². The van der Waals surface area contributed by atoms with Gasteiger partial charge in [-0.15, -0.1) is 0 Å². The zero-order valence-electron chi connectivity index (χ0n) is 15.4. The molecule has 0 saturated carbocycles. The Bertz CT molecular complexity index is 965. The number of amides is 1. The van der Waals surface area contributed by atoms with E-state index in [1.54, 1.807) is 6.20 Å². The molecule has 27 heavy (non-hydrogen) atoms. The Morgan fingerprint density at radius 2 is 1.96 bits per heavy atom. The standard InChI is InChI=1S/C22H22N2O3/c1-2-3-12-24(14-16-8-9-20-21(13-16)27-15-26-20)22(25)18-10-11-23-19-7-5-4-6-17(18)19/h4-11,13H,2-3,12,14-15H2,1H3. The van der Waals surface area contributed by atoms with Gasteiger partial charge in [0.05, 0.1) is 11.1 Å². The van der Waals surface area contributed by atoms with Crippen LogP contribution in [-0.4, -0.2) is 29.1 Å². The molecule has 3 aromatic rings. The quantitative estimate of drug-likeness (QED) is 0.652. The van der Waals surface area contributed by atoms with Gasteiger partial charge in [-0.3, -0.25) is 9.78 Å². The first kappa shape index (κ1) is 17.3. The largest absolute Gasteiger partial charge is 0.454 e. The molecule has 1 aromatic heterocycles. The topological polar surface area (TPSA) is 51.7 Å². The van der Waals surface area contributed by atoms with Crippen molar-refractivity contribution in [2.24, 2.45) is 0 Å². The van der Waals surface area contributed by atoms with Gasteiger partial charge < -0.3 is 14.4 Å². The van der Waals surface area contributed by atoms with Crippen LogP contribution in [0.15, 0.2) is 54.7 Å². The molecular formula is C22H22N2O3. The lowest BCUT2D eigenvalue weighted by molar-refractivity contribution is 0.0742. The molecule has 1 aliphatic heterocycles. The average Bonchev–Trinajstić information content (AvgIpc) is 3.18. The van der Waals surface area contributed by atoms with Crippen molar-refractivity contribution in [2.75, 3.05) is 13.3 Å². The fourth-order valence-corrected chi connectivity index (χ4v) is 3.31. The van der Waals surface area contributed by atoms with Crippen LogP contribution in [0.1, 0.15) is 35.7 Å². The van der Waals surface area contributed by atoms with E-state index in [-0.39, 0.29) is 12.7 Å². The van der Waals surface area contributed by atoms with Crippen LogP contribution in [0.2, 0.25) is 0 Å². The van der Waals surface area contributed by atoms with Gasteiger partial charge in [-0.2, -0.15) is 0 Å². The van der Waals surface area contributed by atoms with E-state index in [2.05, 4.69) is 11.9 Å². The summed E-state index contributed by atoms with van der Waals surface area (Å²) in [5, 5.41) is 0.886. The van der Waals surface area contributed by atoms with Crippen LogP contribution in [0.3, 0.4) is 0 Å². The Kier molecular flexibility index (Phi) is 4.92. The molecule has 0 atom stereocenters. The Labute approximate surface area is 158 Å². The second-order valence-corrected chi connectivity index (χ2v) is 6.64. The second kappa shape index (κ2) is 7.66. The Hall–Kier alpha value is -3.08. The summed E-state index contributed by atoms with van der Waals surface area (Å²) in [4.78, 5) is 19.6. The maximum atomic E-state index is 13.3. The van der Waals surface area contributed by atoms with Gasteiger partial charge in [-0.05, 0) is 36.2 Å². The molecular weight excluding hydrogens is 340 g/mol. The van der Waals surface area contributed by atoms with Gasteiger partial charge in [0.25, 0.3) is 5.91 Å². The highest BCUT2D eigenvalue weighted by Gasteiger charge is 2.20. The summed E-state index contributed by atoms with van der Waals surface area (Å²) in [6.07, 6.45) is 3.69. The Morgan fingerprint density at radius 1 is 1.11 bits per heavy atom. The first-order valence-corrected chi connectivity index (χ1v) is 9.28. The van der Waals surface area contributed by atoms with Crippen LogP contribution in [0.4, 0.5) is 0 Å². The van der Waals surface area contributed by atoms with E-state index in [1.807, 2.05) is 53.4 Å². The van der Waals surface area contributed by atoms with Gasteiger partial charge >= 0.3 is 0 Å². The highest BCUT2D eigenvalue weighted by atomic mass is 16.7. The predicted octanol–water partition coefficient (Wildman–Crippen LogP) is 4.41. The maximum absolute atomic E-state index is 13.3. The number of rotatable bonds is 6. The van der Waals surface area contributed by atoms with Crippen molar-refractivity contribution in [1.82, 2.24) is 9.88 Å². The molecule has 2 aromatic carbocycles. The molecule has 1 aliphatic rings. The molecule has 0 aliphatic carbocycles. The number of benzene rings is 2. The summed E-state index contributed by atoms with van der Waals surface area (Å²) in [6, 6.07) is 15.4. The molecule has 0 unspecified atom stereocenters. The molecule has 5 heteroatoms. The van der Waals surface area contributed by atoms with E-state index in [9.17, 15) is 4.79 Å². The molecule has 1 amide bonds. The number of fused-ring (bicyclic) bond motifs is 2. The number of para-hydroxylation sites is 1. The van der Waals surface area contributed by atoms with Crippen molar-refractivity contribution >= 4 is 16.8 Å². The summed E-state index contributed by atoms with van der Waals surface area (Å²) in [5.74, 6) is 1.52.